The van der Waals surface area contributed by atoms with Gasteiger partial charge < -0.3 is 9.47 Å². The zero-order chi connectivity index (χ0) is 8.27. The molecule has 0 bridgehead atoms. The molecule has 0 N–H and O–H groups in total. The van der Waals surface area contributed by atoms with Crippen LogP contribution in [-0.2, 0) is 14.3 Å². The Kier molecular flexibility index (Phi) is 2.88. The summed E-state index contributed by atoms with van der Waals surface area (Å²) in [6.45, 7) is 6.54. The number of carbonyl (C=O) groups is 1. The SMILES string of the molecule is [CH2]CC(C)C(=O)OC1COC1. The van der Waals surface area contributed by atoms with Crippen molar-refractivity contribution in [2.75, 3.05) is 13.2 Å². The highest BCUT2D eigenvalue weighted by atomic mass is 16.6. The van der Waals surface area contributed by atoms with Gasteiger partial charge in [-0.2, -0.15) is 0 Å². The number of esters is 1. The van der Waals surface area contributed by atoms with Gasteiger partial charge in [0.25, 0.3) is 0 Å². The van der Waals surface area contributed by atoms with Gasteiger partial charge in [0, 0.05) is 0 Å². The van der Waals surface area contributed by atoms with E-state index in [-0.39, 0.29) is 18.0 Å². The number of carbonyl (C=O) groups excluding carboxylic acids is 1. The van der Waals surface area contributed by atoms with Crippen LogP contribution in [0.15, 0.2) is 0 Å². The number of rotatable bonds is 3. The van der Waals surface area contributed by atoms with Crippen LogP contribution in [0.2, 0.25) is 0 Å². The minimum atomic E-state index is -0.159. The average molecular weight is 157 g/mol. The first kappa shape index (κ1) is 8.53. The third-order valence-electron chi connectivity index (χ3n) is 1.73. The molecule has 1 radical (unpaired) electrons. The van der Waals surface area contributed by atoms with E-state index in [0.29, 0.717) is 19.6 Å². The average Bonchev–Trinajstić information content (AvgIpc) is 1.94. The first-order chi connectivity index (χ1) is 5.24. The van der Waals surface area contributed by atoms with Crippen LogP contribution in [0.1, 0.15) is 13.3 Å². The number of ether oxygens (including phenoxy) is 2. The van der Waals surface area contributed by atoms with Crippen molar-refractivity contribution in [3.63, 3.8) is 0 Å². The normalized spacial score (nSPS) is 20.5. The van der Waals surface area contributed by atoms with Crippen molar-refractivity contribution < 1.29 is 14.3 Å². The highest BCUT2D eigenvalue weighted by molar-refractivity contribution is 5.72. The van der Waals surface area contributed by atoms with E-state index in [9.17, 15) is 4.79 Å². The molecule has 1 atom stereocenters. The molecule has 1 aliphatic heterocycles. The maximum absolute atomic E-state index is 11.1. The zero-order valence-electron chi connectivity index (χ0n) is 6.71. The first-order valence-electron chi connectivity index (χ1n) is 3.81. The van der Waals surface area contributed by atoms with Gasteiger partial charge >= 0.3 is 5.97 Å². The van der Waals surface area contributed by atoms with E-state index in [0.717, 1.165) is 0 Å². The van der Waals surface area contributed by atoms with Crippen molar-refractivity contribution in [1.82, 2.24) is 0 Å². The molecule has 1 heterocycles. The smallest absolute Gasteiger partial charge is 0.309 e. The van der Waals surface area contributed by atoms with Gasteiger partial charge in [-0.1, -0.05) is 13.8 Å². The summed E-state index contributed by atoms with van der Waals surface area (Å²) in [6, 6.07) is 0. The van der Waals surface area contributed by atoms with Crippen molar-refractivity contribution in [2.45, 2.75) is 19.4 Å². The second kappa shape index (κ2) is 3.72. The molecule has 3 nitrogen and oxygen atoms in total. The lowest BCUT2D eigenvalue weighted by molar-refractivity contribution is -0.176. The molecule has 0 aromatic carbocycles. The summed E-state index contributed by atoms with van der Waals surface area (Å²) in [7, 11) is 0. The van der Waals surface area contributed by atoms with Crippen LogP contribution >= 0.6 is 0 Å². The fraction of sp³-hybridized carbons (Fsp3) is 0.750. The van der Waals surface area contributed by atoms with E-state index >= 15 is 0 Å². The minimum absolute atomic E-state index is 0.00324. The molecule has 0 aliphatic carbocycles. The summed E-state index contributed by atoms with van der Waals surface area (Å²) in [5.74, 6) is -0.246. The molecule has 1 unspecified atom stereocenters. The molecule has 0 spiro atoms. The summed E-state index contributed by atoms with van der Waals surface area (Å²) in [4.78, 5) is 11.1. The molecule has 0 saturated carbocycles. The molecule has 0 aromatic heterocycles. The Labute approximate surface area is 66.7 Å². The Balaban J connectivity index is 2.19. The number of hydrogen-bond donors (Lipinski definition) is 0. The Morgan fingerprint density at radius 1 is 1.82 bits per heavy atom. The largest absolute Gasteiger partial charge is 0.457 e. The molecular formula is C8H13O3. The third-order valence-corrected chi connectivity index (χ3v) is 1.73. The Morgan fingerprint density at radius 2 is 2.45 bits per heavy atom. The summed E-state index contributed by atoms with van der Waals surface area (Å²) >= 11 is 0. The predicted molar refractivity (Wildman–Crippen MR) is 39.8 cm³/mol. The van der Waals surface area contributed by atoms with Gasteiger partial charge in [-0.25, -0.2) is 0 Å². The van der Waals surface area contributed by atoms with Crippen molar-refractivity contribution in [2.24, 2.45) is 5.92 Å². The quantitative estimate of drug-likeness (QED) is 0.568. The Morgan fingerprint density at radius 3 is 2.82 bits per heavy atom. The minimum Gasteiger partial charge on any atom is -0.457 e. The van der Waals surface area contributed by atoms with E-state index < -0.39 is 0 Å². The second-order valence-corrected chi connectivity index (χ2v) is 2.79. The van der Waals surface area contributed by atoms with Gasteiger partial charge in [-0.05, 0) is 6.42 Å². The molecule has 1 saturated heterocycles. The molecule has 1 fully saturated rings. The van der Waals surface area contributed by atoms with E-state index in [1.54, 1.807) is 0 Å². The van der Waals surface area contributed by atoms with Crippen molar-refractivity contribution in [1.29, 1.82) is 0 Å². The predicted octanol–water partition coefficient (Wildman–Crippen LogP) is 0.789. The van der Waals surface area contributed by atoms with Crippen LogP contribution in [0.5, 0.6) is 0 Å². The lowest BCUT2D eigenvalue weighted by Gasteiger charge is -2.26. The molecule has 3 heteroatoms. The van der Waals surface area contributed by atoms with Gasteiger partial charge in [0.15, 0.2) is 0 Å². The fourth-order valence-corrected chi connectivity index (χ4v) is 0.680. The monoisotopic (exact) mass is 157 g/mol. The van der Waals surface area contributed by atoms with Gasteiger partial charge in [0.05, 0.1) is 19.1 Å². The molecule has 0 amide bonds. The molecule has 1 aliphatic rings. The van der Waals surface area contributed by atoms with Crippen molar-refractivity contribution in [3.8, 4) is 0 Å². The van der Waals surface area contributed by atoms with E-state index in [1.807, 2.05) is 6.92 Å². The maximum Gasteiger partial charge on any atom is 0.309 e. The van der Waals surface area contributed by atoms with E-state index in [2.05, 4.69) is 6.92 Å². The van der Waals surface area contributed by atoms with Crippen molar-refractivity contribution >= 4 is 5.97 Å². The van der Waals surface area contributed by atoms with Gasteiger partial charge in [-0.15, -0.1) is 0 Å². The third kappa shape index (κ3) is 2.19. The number of hydrogen-bond acceptors (Lipinski definition) is 3. The summed E-state index contributed by atoms with van der Waals surface area (Å²) in [5, 5.41) is 0. The van der Waals surface area contributed by atoms with Crippen LogP contribution in [-0.4, -0.2) is 25.3 Å². The van der Waals surface area contributed by atoms with E-state index in [4.69, 9.17) is 9.47 Å². The fourth-order valence-electron chi connectivity index (χ4n) is 0.680. The topological polar surface area (TPSA) is 35.5 Å². The lowest BCUT2D eigenvalue weighted by atomic mass is 10.1. The van der Waals surface area contributed by atoms with Crippen LogP contribution in [0.3, 0.4) is 0 Å². The molecule has 0 aromatic rings. The van der Waals surface area contributed by atoms with Crippen LogP contribution in [0.25, 0.3) is 0 Å². The van der Waals surface area contributed by atoms with Gasteiger partial charge in [-0.3, -0.25) is 4.79 Å². The van der Waals surface area contributed by atoms with Crippen molar-refractivity contribution in [3.05, 3.63) is 6.92 Å². The highest BCUT2D eigenvalue weighted by Gasteiger charge is 2.24. The Bertz CT molecular complexity index is 140. The molecule has 11 heavy (non-hydrogen) atoms. The van der Waals surface area contributed by atoms with Crippen LogP contribution < -0.4 is 0 Å². The first-order valence-corrected chi connectivity index (χ1v) is 3.81. The summed E-state index contributed by atoms with van der Waals surface area (Å²) in [5.41, 5.74) is 0. The zero-order valence-corrected chi connectivity index (χ0v) is 6.71. The second-order valence-electron chi connectivity index (χ2n) is 2.79. The standard InChI is InChI=1S/C8H13O3/c1-3-6(2)8(9)11-7-4-10-5-7/h6-7H,1,3-5H2,2H3. The van der Waals surface area contributed by atoms with Gasteiger partial charge in [0.2, 0.25) is 0 Å². The highest BCUT2D eigenvalue weighted by Crippen LogP contribution is 2.10. The summed E-state index contributed by atoms with van der Waals surface area (Å²) in [6.07, 6.45) is 0.586. The van der Waals surface area contributed by atoms with Crippen LogP contribution in [0, 0.1) is 12.8 Å². The van der Waals surface area contributed by atoms with E-state index in [1.165, 1.54) is 0 Å². The molecule has 63 valence electrons. The summed E-state index contributed by atoms with van der Waals surface area (Å²) < 4.78 is 9.89. The van der Waals surface area contributed by atoms with Gasteiger partial charge in [0.1, 0.15) is 6.10 Å². The molecular weight excluding hydrogens is 144 g/mol. The lowest BCUT2D eigenvalue weighted by Crippen LogP contribution is -2.38. The van der Waals surface area contributed by atoms with Crippen LogP contribution in [0.4, 0.5) is 0 Å². The Hall–Kier alpha value is -0.570. The molecule has 1 rings (SSSR count). The maximum atomic E-state index is 11.1.